The van der Waals surface area contributed by atoms with Gasteiger partial charge in [0.25, 0.3) is 5.91 Å². The van der Waals surface area contributed by atoms with Gasteiger partial charge in [-0.3, -0.25) is 24.6 Å². The Bertz CT molecular complexity index is 1460. The molecule has 2 saturated heterocycles. The van der Waals surface area contributed by atoms with Crippen LogP contribution in [0.5, 0.6) is 0 Å². The van der Waals surface area contributed by atoms with Crippen LogP contribution in [0, 0.1) is 17.3 Å². The fraction of sp³-hybridized carbons (Fsp3) is 0.485. The Morgan fingerprint density at radius 1 is 1.02 bits per heavy atom. The van der Waals surface area contributed by atoms with Crippen molar-refractivity contribution >= 4 is 46.7 Å². The SMILES string of the molecule is CC1(C)CCC(CN2CC3C(C2)C3Sc2ccc3c(c2)CN(C2CCC(=O)NC2=O)C3=O)=C(c2ccc(Cl)cc2)C1. The minimum atomic E-state index is -0.567. The Labute approximate surface area is 250 Å². The van der Waals surface area contributed by atoms with Crippen molar-refractivity contribution in [1.82, 2.24) is 15.1 Å². The predicted octanol–water partition coefficient (Wildman–Crippen LogP) is 5.79. The molecule has 3 amide bonds. The second kappa shape index (κ2) is 10.3. The molecule has 2 aliphatic carbocycles. The standard InChI is InChI=1S/C33H36ClN3O3S/c1-33(2)12-11-20(25(14-33)19-3-5-22(34)6-4-19)15-36-17-26-27(18-36)30(26)41-23-7-8-24-21(13-23)16-37(32(24)40)28-9-10-29(38)35-31(28)39/h3-8,13,26-28,30H,9-12,14-18H2,1-2H3,(H,35,38,39). The molecule has 0 bridgehead atoms. The second-order valence-corrected chi connectivity index (χ2v) is 14.9. The zero-order valence-corrected chi connectivity index (χ0v) is 25.2. The molecule has 3 atom stereocenters. The number of allylic oxidation sites excluding steroid dienone is 1. The first-order valence-corrected chi connectivity index (χ1v) is 16.0. The van der Waals surface area contributed by atoms with Crippen LogP contribution in [0.15, 0.2) is 52.9 Å². The number of carbonyl (C=O) groups is 3. The Kier molecular flexibility index (Phi) is 6.83. The number of nitrogens with zero attached hydrogens (tertiary/aromatic N) is 2. The molecule has 3 unspecified atom stereocenters. The van der Waals surface area contributed by atoms with Crippen LogP contribution in [-0.4, -0.2) is 58.4 Å². The summed E-state index contributed by atoms with van der Waals surface area (Å²) in [5, 5.41) is 3.79. The maximum Gasteiger partial charge on any atom is 0.255 e. The summed E-state index contributed by atoms with van der Waals surface area (Å²) < 4.78 is 0. The van der Waals surface area contributed by atoms with Crippen LogP contribution in [0.3, 0.4) is 0 Å². The van der Waals surface area contributed by atoms with E-state index in [2.05, 4.69) is 48.3 Å². The van der Waals surface area contributed by atoms with E-state index in [1.54, 1.807) is 10.5 Å². The molecule has 41 heavy (non-hydrogen) atoms. The zero-order chi connectivity index (χ0) is 28.5. The van der Waals surface area contributed by atoms with E-state index in [4.69, 9.17) is 11.6 Å². The number of halogens is 1. The summed E-state index contributed by atoms with van der Waals surface area (Å²) in [6.07, 6.45) is 4.19. The molecular formula is C33H36ClN3O3S. The Hall–Kier alpha value is -2.61. The van der Waals surface area contributed by atoms with E-state index in [0.29, 0.717) is 29.2 Å². The van der Waals surface area contributed by atoms with Gasteiger partial charge in [0, 0.05) is 53.3 Å². The number of hydrogen-bond donors (Lipinski definition) is 1. The van der Waals surface area contributed by atoms with Gasteiger partial charge >= 0.3 is 0 Å². The van der Waals surface area contributed by atoms with Crippen molar-refractivity contribution in [2.75, 3.05) is 19.6 Å². The van der Waals surface area contributed by atoms with Crippen LogP contribution in [-0.2, 0) is 16.1 Å². The van der Waals surface area contributed by atoms with Gasteiger partial charge in [-0.2, -0.15) is 0 Å². The number of carbonyl (C=O) groups excluding carboxylic acids is 3. The largest absolute Gasteiger partial charge is 0.322 e. The van der Waals surface area contributed by atoms with Crippen molar-refractivity contribution < 1.29 is 14.4 Å². The molecule has 7 rings (SSSR count). The predicted molar refractivity (Wildman–Crippen MR) is 162 cm³/mol. The van der Waals surface area contributed by atoms with Crippen LogP contribution in [0.25, 0.3) is 5.57 Å². The molecule has 2 aromatic rings. The molecule has 0 radical (unpaired) electrons. The van der Waals surface area contributed by atoms with E-state index in [9.17, 15) is 14.4 Å². The summed E-state index contributed by atoms with van der Waals surface area (Å²) in [4.78, 5) is 42.4. The number of benzene rings is 2. The molecule has 5 aliphatic rings. The second-order valence-electron chi connectivity index (χ2n) is 13.3. The highest BCUT2D eigenvalue weighted by atomic mass is 35.5. The lowest BCUT2D eigenvalue weighted by Crippen LogP contribution is -2.52. The van der Waals surface area contributed by atoms with Crippen molar-refractivity contribution in [3.05, 3.63) is 69.8 Å². The lowest BCUT2D eigenvalue weighted by atomic mass is 9.72. The molecular weight excluding hydrogens is 554 g/mol. The van der Waals surface area contributed by atoms with Gasteiger partial charge < -0.3 is 4.90 Å². The molecule has 0 aromatic heterocycles. The molecule has 2 aromatic carbocycles. The van der Waals surface area contributed by atoms with Gasteiger partial charge in [-0.1, -0.05) is 43.2 Å². The fourth-order valence-corrected chi connectivity index (χ4v) is 9.01. The van der Waals surface area contributed by atoms with Crippen molar-refractivity contribution in [3.8, 4) is 0 Å². The van der Waals surface area contributed by atoms with Crippen LogP contribution in [0.2, 0.25) is 5.02 Å². The zero-order valence-electron chi connectivity index (χ0n) is 23.6. The number of amides is 3. The van der Waals surface area contributed by atoms with E-state index in [0.717, 1.165) is 48.5 Å². The molecule has 214 valence electrons. The van der Waals surface area contributed by atoms with Crippen LogP contribution in [0.1, 0.15) is 67.4 Å². The normalized spacial score (nSPS) is 29.0. The first-order chi connectivity index (χ1) is 19.6. The van der Waals surface area contributed by atoms with Crippen LogP contribution in [0.4, 0.5) is 0 Å². The number of imide groups is 1. The molecule has 1 N–H and O–H groups in total. The summed E-state index contributed by atoms with van der Waals surface area (Å²) in [7, 11) is 0. The average molecular weight is 590 g/mol. The summed E-state index contributed by atoms with van der Waals surface area (Å²) in [6, 6.07) is 13.9. The lowest BCUT2D eigenvalue weighted by Gasteiger charge is -2.35. The van der Waals surface area contributed by atoms with Crippen molar-refractivity contribution in [2.24, 2.45) is 17.3 Å². The third-order valence-electron chi connectivity index (χ3n) is 9.75. The van der Waals surface area contributed by atoms with E-state index < -0.39 is 6.04 Å². The monoisotopic (exact) mass is 589 g/mol. The quantitative estimate of drug-likeness (QED) is 0.432. The summed E-state index contributed by atoms with van der Waals surface area (Å²) in [6.45, 7) is 8.56. The summed E-state index contributed by atoms with van der Waals surface area (Å²) >= 11 is 8.14. The Balaban J connectivity index is 0.979. The van der Waals surface area contributed by atoms with Gasteiger partial charge in [0.2, 0.25) is 11.8 Å². The van der Waals surface area contributed by atoms with Gasteiger partial charge in [-0.25, -0.2) is 0 Å². The highest BCUT2D eigenvalue weighted by molar-refractivity contribution is 8.00. The van der Waals surface area contributed by atoms with Gasteiger partial charge in [-0.15, -0.1) is 11.8 Å². The van der Waals surface area contributed by atoms with Gasteiger partial charge in [0.15, 0.2) is 0 Å². The van der Waals surface area contributed by atoms with Crippen molar-refractivity contribution in [2.45, 2.75) is 68.7 Å². The molecule has 6 nitrogen and oxygen atoms in total. The number of nitrogens with one attached hydrogen (secondary N) is 1. The molecule has 0 spiro atoms. The third kappa shape index (κ3) is 5.26. The van der Waals surface area contributed by atoms with Gasteiger partial charge in [0.05, 0.1) is 0 Å². The fourth-order valence-electron chi connectivity index (χ4n) is 7.38. The maximum atomic E-state index is 13.0. The molecule has 3 aliphatic heterocycles. The smallest absolute Gasteiger partial charge is 0.255 e. The first kappa shape index (κ1) is 27.2. The summed E-state index contributed by atoms with van der Waals surface area (Å²) in [5.41, 5.74) is 6.43. The minimum Gasteiger partial charge on any atom is -0.322 e. The van der Waals surface area contributed by atoms with E-state index >= 15 is 0 Å². The van der Waals surface area contributed by atoms with Gasteiger partial charge in [0.1, 0.15) is 6.04 Å². The van der Waals surface area contributed by atoms with Gasteiger partial charge in [-0.05, 0) is 90.0 Å². The molecule has 3 fully saturated rings. The Morgan fingerprint density at radius 3 is 2.51 bits per heavy atom. The number of thioether (sulfide) groups is 1. The Morgan fingerprint density at radius 2 is 1.78 bits per heavy atom. The first-order valence-electron chi connectivity index (χ1n) is 14.8. The summed E-state index contributed by atoms with van der Waals surface area (Å²) in [5.74, 6) is 0.705. The highest BCUT2D eigenvalue weighted by Gasteiger charge is 2.56. The highest BCUT2D eigenvalue weighted by Crippen LogP contribution is 2.55. The van der Waals surface area contributed by atoms with E-state index in [1.807, 2.05) is 30.0 Å². The number of likely N-dealkylation sites (tertiary alicyclic amines) is 1. The third-order valence-corrected chi connectivity index (χ3v) is 11.5. The molecule has 3 heterocycles. The minimum absolute atomic E-state index is 0.108. The molecule has 1 saturated carbocycles. The number of fused-ring (bicyclic) bond motifs is 2. The average Bonchev–Trinajstić information content (AvgIpc) is 3.23. The number of hydrogen-bond acceptors (Lipinski definition) is 5. The number of piperidine rings is 2. The van der Waals surface area contributed by atoms with E-state index in [1.165, 1.54) is 28.9 Å². The van der Waals surface area contributed by atoms with E-state index in [-0.39, 0.29) is 24.1 Å². The number of rotatable bonds is 6. The lowest BCUT2D eigenvalue weighted by molar-refractivity contribution is -0.136. The topological polar surface area (TPSA) is 69.7 Å². The maximum absolute atomic E-state index is 13.0. The molecule has 8 heteroatoms. The van der Waals surface area contributed by atoms with Crippen LogP contribution < -0.4 is 5.32 Å². The van der Waals surface area contributed by atoms with Crippen LogP contribution >= 0.6 is 23.4 Å². The van der Waals surface area contributed by atoms with Crippen molar-refractivity contribution in [3.63, 3.8) is 0 Å². The van der Waals surface area contributed by atoms with Crippen molar-refractivity contribution in [1.29, 1.82) is 0 Å².